The lowest BCUT2D eigenvalue weighted by molar-refractivity contribution is -0.148. The third-order valence-electron chi connectivity index (χ3n) is 5.07. The number of hydrogen-bond acceptors (Lipinski definition) is 3. The number of carboxylic acid groups (broad SMARTS) is 1. The first-order valence-corrected chi connectivity index (χ1v) is 8.59. The maximum absolute atomic E-state index is 12.7. The van der Waals surface area contributed by atoms with E-state index in [1.54, 1.807) is 7.11 Å². The Morgan fingerprint density at radius 1 is 1.21 bits per heavy atom. The van der Waals surface area contributed by atoms with Crippen molar-refractivity contribution in [2.24, 2.45) is 0 Å². The molecule has 5 nitrogen and oxygen atoms in total. The quantitative estimate of drug-likeness (QED) is 0.810. The van der Waals surface area contributed by atoms with Crippen molar-refractivity contribution in [2.45, 2.75) is 63.8 Å². The fraction of sp³-hybridized carbons (Fsp3) is 0.579. The number of methoxy groups -OCH3 is 1. The van der Waals surface area contributed by atoms with Gasteiger partial charge < -0.3 is 15.2 Å². The topological polar surface area (TPSA) is 75.6 Å². The van der Waals surface area contributed by atoms with Crippen molar-refractivity contribution >= 4 is 11.9 Å². The fourth-order valence-electron chi connectivity index (χ4n) is 3.47. The number of carbonyl (C=O) groups excluding carboxylic acids is 1. The number of amides is 1. The largest absolute Gasteiger partial charge is 0.497 e. The first kappa shape index (κ1) is 18.3. The van der Waals surface area contributed by atoms with Gasteiger partial charge >= 0.3 is 5.97 Å². The Morgan fingerprint density at radius 3 is 2.33 bits per heavy atom. The normalized spacial score (nSPS) is 18.3. The zero-order valence-electron chi connectivity index (χ0n) is 14.7. The van der Waals surface area contributed by atoms with Crippen LogP contribution in [0.5, 0.6) is 5.75 Å². The van der Waals surface area contributed by atoms with Gasteiger partial charge in [0.2, 0.25) is 5.91 Å². The van der Waals surface area contributed by atoms with E-state index in [0.717, 1.165) is 42.6 Å². The summed E-state index contributed by atoms with van der Waals surface area (Å²) in [6.07, 6.45) is 4.73. The Morgan fingerprint density at radius 2 is 1.83 bits per heavy atom. The number of rotatable bonds is 5. The summed E-state index contributed by atoms with van der Waals surface area (Å²) in [6.45, 7) is 3.75. The van der Waals surface area contributed by atoms with Gasteiger partial charge in [0, 0.05) is 0 Å². The lowest BCUT2D eigenvalue weighted by Gasteiger charge is -2.31. The zero-order chi connectivity index (χ0) is 17.7. The summed E-state index contributed by atoms with van der Waals surface area (Å²) in [6, 6.07) is 5.58. The van der Waals surface area contributed by atoms with E-state index in [1.165, 1.54) is 0 Å². The molecule has 0 aliphatic heterocycles. The first-order chi connectivity index (χ1) is 11.4. The summed E-state index contributed by atoms with van der Waals surface area (Å²) in [5, 5.41) is 12.6. The molecule has 132 valence electrons. The molecule has 1 aromatic carbocycles. The molecule has 0 bridgehead atoms. The van der Waals surface area contributed by atoms with E-state index >= 15 is 0 Å². The third kappa shape index (κ3) is 3.89. The van der Waals surface area contributed by atoms with Crippen molar-refractivity contribution in [3.63, 3.8) is 0 Å². The first-order valence-electron chi connectivity index (χ1n) is 8.59. The van der Waals surface area contributed by atoms with Crippen molar-refractivity contribution in [3.8, 4) is 5.75 Å². The minimum atomic E-state index is -1.12. The third-order valence-corrected chi connectivity index (χ3v) is 5.07. The number of aliphatic carboxylic acids is 1. The number of hydrogen-bond donors (Lipinski definition) is 2. The monoisotopic (exact) mass is 333 g/mol. The summed E-state index contributed by atoms with van der Waals surface area (Å²) in [4.78, 5) is 24.6. The summed E-state index contributed by atoms with van der Waals surface area (Å²) in [7, 11) is 1.60. The van der Waals surface area contributed by atoms with Crippen LogP contribution in [0.25, 0.3) is 0 Å². The van der Waals surface area contributed by atoms with E-state index in [-0.39, 0.29) is 5.91 Å². The van der Waals surface area contributed by atoms with Gasteiger partial charge in [-0.2, -0.15) is 0 Å². The van der Waals surface area contributed by atoms with Crippen LogP contribution in [-0.4, -0.2) is 29.6 Å². The molecule has 0 heterocycles. The molecule has 1 saturated carbocycles. The fourth-order valence-corrected chi connectivity index (χ4v) is 3.47. The number of ether oxygens (including phenoxy) is 1. The van der Waals surface area contributed by atoms with Crippen molar-refractivity contribution in [1.82, 2.24) is 5.32 Å². The minimum absolute atomic E-state index is 0.229. The van der Waals surface area contributed by atoms with Gasteiger partial charge in [0.05, 0.1) is 13.0 Å². The molecule has 0 aromatic heterocycles. The van der Waals surface area contributed by atoms with Crippen molar-refractivity contribution in [1.29, 1.82) is 0 Å². The highest BCUT2D eigenvalue weighted by molar-refractivity contribution is 5.90. The number of benzene rings is 1. The molecular formula is C19H27NO4. The van der Waals surface area contributed by atoms with Crippen molar-refractivity contribution < 1.29 is 19.4 Å². The van der Waals surface area contributed by atoms with E-state index in [9.17, 15) is 14.7 Å². The molecule has 0 saturated heterocycles. The van der Waals surface area contributed by atoms with Gasteiger partial charge in [-0.25, -0.2) is 4.79 Å². The highest BCUT2D eigenvalue weighted by Gasteiger charge is 2.41. The predicted octanol–water partition coefficient (Wildman–Crippen LogP) is 3.40. The van der Waals surface area contributed by atoms with Crippen LogP contribution in [0.2, 0.25) is 0 Å². The number of aryl methyl sites for hydroxylation is 1. The SMILES string of the molecule is COc1ccc(C(C)C(=O)NC2(C(=O)O)CCCCCC2)c(C)c1. The van der Waals surface area contributed by atoms with Crippen LogP contribution in [0.15, 0.2) is 18.2 Å². The van der Waals surface area contributed by atoms with E-state index in [4.69, 9.17) is 4.74 Å². The van der Waals surface area contributed by atoms with Crippen LogP contribution in [0.1, 0.15) is 62.5 Å². The summed E-state index contributed by atoms with van der Waals surface area (Å²) in [5.41, 5.74) is 0.729. The maximum Gasteiger partial charge on any atom is 0.329 e. The Labute approximate surface area is 143 Å². The zero-order valence-corrected chi connectivity index (χ0v) is 14.7. The Balaban J connectivity index is 2.18. The molecule has 1 atom stereocenters. The summed E-state index contributed by atoms with van der Waals surface area (Å²) >= 11 is 0. The molecule has 1 fully saturated rings. The Hall–Kier alpha value is -2.04. The highest BCUT2D eigenvalue weighted by atomic mass is 16.5. The van der Waals surface area contributed by atoms with Crippen LogP contribution < -0.4 is 10.1 Å². The smallest absolute Gasteiger partial charge is 0.329 e. The summed E-state index contributed by atoms with van der Waals surface area (Å²) in [5.74, 6) is -0.811. The lowest BCUT2D eigenvalue weighted by atomic mass is 9.88. The van der Waals surface area contributed by atoms with Crippen LogP contribution in [-0.2, 0) is 9.59 Å². The van der Waals surface area contributed by atoms with E-state index < -0.39 is 17.4 Å². The maximum atomic E-state index is 12.7. The minimum Gasteiger partial charge on any atom is -0.497 e. The second kappa shape index (κ2) is 7.69. The van der Waals surface area contributed by atoms with Crippen LogP contribution in [0.3, 0.4) is 0 Å². The van der Waals surface area contributed by atoms with E-state index in [1.807, 2.05) is 32.0 Å². The lowest BCUT2D eigenvalue weighted by Crippen LogP contribution is -2.55. The van der Waals surface area contributed by atoms with Gasteiger partial charge in [-0.15, -0.1) is 0 Å². The van der Waals surface area contributed by atoms with Crippen molar-refractivity contribution in [3.05, 3.63) is 29.3 Å². The summed E-state index contributed by atoms with van der Waals surface area (Å²) < 4.78 is 5.19. The van der Waals surface area contributed by atoms with Crippen LogP contribution >= 0.6 is 0 Å². The van der Waals surface area contributed by atoms with Crippen LogP contribution in [0, 0.1) is 6.92 Å². The van der Waals surface area contributed by atoms with E-state index in [0.29, 0.717) is 12.8 Å². The average molecular weight is 333 g/mol. The van der Waals surface area contributed by atoms with Crippen molar-refractivity contribution in [2.75, 3.05) is 7.11 Å². The molecule has 0 radical (unpaired) electrons. The molecule has 1 amide bonds. The predicted molar refractivity (Wildman–Crippen MR) is 92.4 cm³/mol. The molecule has 0 spiro atoms. The molecule has 1 aliphatic rings. The second-order valence-corrected chi connectivity index (χ2v) is 6.73. The molecule has 2 N–H and O–H groups in total. The van der Waals surface area contributed by atoms with E-state index in [2.05, 4.69) is 5.32 Å². The Kier molecular flexibility index (Phi) is 5.86. The molecule has 1 unspecified atom stereocenters. The molecule has 1 aromatic rings. The molecule has 1 aliphatic carbocycles. The highest BCUT2D eigenvalue weighted by Crippen LogP contribution is 2.30. The van der Waals surface area contributed by atoms with Crippen LogP contribution in [0.4, 0.5) is 0 Å². The van der Waals surface area contributed by atoms with Gasteiger partial charge in [-0.05, 0) is 49.9 Å². The molecule has 24 heavy (non-hydrogen) atoms. The van der Waals surface area contributed by atoms with Gasteiger partial charge in [0.15, 0.2) is 0 Å². The number of carbonyl (C=O) groups is 2. The van der Waals surface area contributed by atoms with Gasteiger partial charge in [0.1, 0.15) is 11.3 Å². The average Bonchev–Trinajstić information content (AvgIpc) is 2.80. The number of carboxylic acids is 1. The van der Waals surface area contributed by atoms with Gasteiger partial charge in [0.25, 0.3) is 0 Å². The molecular weight excluding hydrogens is 306 g/mol. The number of nitrogens with one attached hydrogen (secondary N) is 1. The molecule has 2 rings (SSSR count). The Bertz CT molecular complexity index is 603. The van der Waals surface area contributed by atoms with Gasteiger partial charge in [-0.3, -0.25) is 4.79 Å². The standard InChI is InChI=1S/C19H27NO4/c1-13-12-15(24-3)8-9-16(13)14(2)17(21)20-19(18(22)23)10-6-4-5-7-11-19/h8-9,12,14H,4-7,10-11H2,1-3H3,(H,20,21)(H,22,23). The molecule has 5 heteroatoms. The second-order valence-electron chi connectivity index (χ2n) is 6.73. The van der Waals surface area contributed by atoms with Gasteiger partial charge in [-0.1, -0.05) is 31.7 Å².